The number of aryl methyl sites for hydroxylation is 1. The Bertz CT molecular complexity index is 993. The number of halogens is 6. The summed E-state index contributed by atoms with van der Waals surface area (Å²) in [5.74, 6) is -0.00800. The predicted octanol–water partition coefficient (Wildman–Crippen LogP) is 7.14. The van der Waals surface area contributed by atoms with Crippen molar-refractivity contribution >= 4 is 0 Å². The molecule has 0 aliphatic rings. The molecule has 0 saturated carbocycles. The Hall–Kier alpha value is -3.03. The molecule has 0 unspecified atom stereocenters. The second-order valence-electron chi connectivity index (χ2n) is 6.21. The molecule has 0 aliphatic heterocycles. The minimum Gasteiger partial charge on any atom is -0.439 e. The van der Waals surface area contributed by atoms with E-state index >= 15 is 0 Å². The van der Waals surface area contributed by atoms with Crippen LogP contribution >= 0.6 is 0 Å². The van der Waals surface area contributed by atoms with E-state index in [4.69, 9.17) is 4.74 Å². The van der Waals surface area contributed by atoms with Crippen LogP contribution in [0.2, 0.25) is 0 Å². The first kappa shape index (κ1) is 20.7. The second kappa shape index (κ2) is 7.77. The smallest absolute Gasteiger partial charge is 0.416 e. The van der Waals surface area contributed by atoms with E-state index in [1.807, 2.05) is 6.92 Å². The molecule has 3 rings (SSSR count). The van der Waals surface area contributed by atoms with Crippen molar-refractivity contribution in [3.05, 3.63) is 77.4 Å². The fourth-order valence-corrected chi connectivity index (χ4v) is 2.74. The molecule has 1 heterocycles. The van der Waals surface area contributed by atoms with E-state index in [-0.39, 0.29) is 11.6 Å². The Morgan fingerprint density at radius 2 is 1.45 bits per heavy atom. The largest absolute Gasteiger partial charge is 0.439 e. The third-order valence-electron chi connectivity index (χ3n) is 4.20. The van der Waals surface area contributed by atoms with Crippen molar-refractivity contribution in [3.8, 4) is 22.9 Å². The fraction of sp³-hybridized carbons (Fsp3) is 0.190. The van der Waals surface area contributed by atoms with E-state index in [0.29, 0.717) is 17.7 Å². The molecule has 0 radical (unpaired) electrons. The normalized spacial score (nSPS) is 12.1. The van der Waals surface area contributed by atoms with Crippen LogP contribution in [0.5, 0.6) is 11.6 Å². The van der Waals surface area contributed by atoms with Gasteiger partial charge in [-0.25, -0.2) is 4.98 Å². The predicted molar refractivity (Wildman–Crippen MR) is 95.6 cm³/mol. The molecule has 0 saturated heterocycles. The number of rotatable bonds is 4. The van der Waals surface area contributed by atoms with Gasteiger partial charge in [0, 0.05) is 11.6 Å². The number of benzene rings is 2. The van der Waals surface area contributed by atoms with Crippen LogP contribution in [-0.4, -0.2) is 4.98 Å². The highest BCUT2D eigenvalue weighted by atomic mass is 19.4. The minimum atomic E-state index is -4.51. The lowest BCUT2D eigenvalue weighted by molar-refractivity contribution is -0.138. The maximum absolute atomic E-state index is 12.9. The van der Waals surface area contributed by atoms with Crippen LogP contribution in [0.3, 0.4) is 0 Å². The molecular formula is C21H15F6NO. The SMILES string of the molecule is CCc1ccc(Oc2cccc(C(F)(F)F)c2)nc1-c1ccc(C(F)(F)F)cc1. The zero-order valence-electron chi connectivity index (χ0n) is 15.1. The number of hydrogen-bond donors (Lipinski definition) is 0. The number of ether oxygens (including phenoxy) is 1. The van der Waals surface area contributed by atoms with E-state index < -0.39 is 23.5 Å². The standard InChI is InChI=1S/C21H15F6NO/c1-2-13-8-11-18(29-17-5-3-4-16(12-17)21(25,26)27)28-19(13)14-6-9-15(10-7-14)20(22,23)24/h3-12H,2H2,1H3. The summed E-state index contributed by atoms with van der Waals surface area (Å²) in [5, 5.41) is 0. The molecule has 0 aliphatic carbocycles. The van der Waals surface area contributed by atoms with Crippen LogP contribution in [0.25, 0.3) is 11.3 Å². The third kappa shape index (κ3) is 4.88. The van der Waals surface area contributed by atoms with Crippen LogP contribution in [-0.2, 0) is 18.8 Å². The van der Waals surface area contributed by atoms with Crippen molar-refractivity contribution in [2.75, 3.05) is 0 Å². The zero-order chi connectivity index (χ0) is 21.2. The van der Waals surface area contributed by atoms with E-state index in [9.17, 15) is 26.3 Å². The fourth-order valence-electron chi connectivity index (χ4n) is 2.74. The summed E-state index contributed by atoms with van der Waals surface area (Å²) in [7, 11) is 0. The number of hydrogen-bond acceptors (Lipinski definition) is 2. The van der Waals surface area contributed by atoms with Crippen molar-refractivity contribution in [2.45, 2.75) is 25.7 Å². The van der Waals surface area contributed by atoms with Gasteiger partial charge in [-0.05, 0) is 42.3 Å². The van der Waals surface area contributed by atoms with Crippen molar-refractivity contribution in [1.29, 1.82) is 0 Å². The highest BCUT2D eigenvalue weighted by molar-refractivity contribution is 5.64. The Labute approximate surface area is 162 Å². The summed E-state index contributed by atoms with van der Waals surface area (Å²) < 4.78 is 82.4. The van der Waals surface area contributed by atoms with Crippen molar-refractivity contribution in [2.24, 2.45) is 0 Å². The van der Waals surface area contributed by atoms with Crippen LogP contribution in [0.15, 0.2) is 60.7 Å². The molecule has 2 aromatic carbocycles. The molecule has 152 valence electrons. The molecule has 0 spiro atoms. The molecule has 2 nitrogen and oxygen atoms in total. The Balaban J connectivity index is 1.94. The Morgan fingerprint density at radius 1 is 0.793 bits per heavy atom. The molecule has 0 fully saturated rings. The third-order valence-corrected chi connectivity index (χ3v) is 4.20. The van der Waals surface area contributed by atoms with E-state index in [1.165, 1.54) is 30.3 Å². The summed E-state index contributed by atoms with van der Waals surface area (Å²) in [6.07, 6.45) is -8.40. The van der Waals surface area contributed by atoms with Gasteiger partial charge in [0.25, 0.3) is 0 Å². The maximum atomic E-state index is 12.9. The quantitative estimate of drug-likeness (QED) is 0.426. The van der Waals surface area contributed by atoms with Gasteiger partial charge in [0.2, 0.25) is 5.88 Å². The van der Waals surface area contributed by atoms with E-state index in [1.54, 1.807) is 6.07 Å². The maximum Gasteiger partial charge on any atom is 0.416 e. The molecule has 3 aromatic rings. The highest BCUT2D eigenvalue weighted by Crippen LogP contribution is 2.34. The monoisotopic (exact) mass is 411 g/mol. The molecule has 8 heteroatoms. The molecule has 29 heavy (non-hydrogen) atoms. The number of pyridine rings is 1. The van der Waals surface area contributed by atoms with Crippen molar-refractivity contribution in [3.63, 3.8) is 0 Å². The first-order chi connectivity index (χ1) is 13.6. The number of aromatic nitrogens is 1. The van der Waals surface area contributed by atoms with E-state index in [2.05, 4.69) is 4.98 Å². The van der Waals surface area contributed by atoms with Gasteiger partial charge in [0.15, 0.2) is 0 Å². The van der Waals surface area contributed by atoms with Crippen LogP contribution in [0, 0.1) is 0 Å². The van der Waals surface area contributed by atoms with Gasteiger partial charge < -0.3 is 4.74 Å². The first-order valence-corrected chi connectivity index (χ1v) is 8.60. The van der Waals surface area contributed by atoms with Crippen LogP contribution in [0.4, 0.5) is 26.3 Å². The van der Waals surface area contributed by atoms with E-state index in [0.717, 1.165) is 29.8 Å². The van der Waals surface area contributed by atoms with Gasteiger partial charge in [-0.15, -0.1) is 0 Å². The van der Waals surface area contributed by atoms with Gasteiger partial charge in [-0.1, -0.05) is 31.2 Å². The summed E-state index contributed by atoms with van der Waals surface area (Å²) in [4.78, 5) is 4.31. The summed E-state index contributed by atoms with van der Waals surface area (Å²) in [6.45, 7) is 1.86. The number of nitrogens with zero attached hydrogens (tertiary/aromatic N) is 1. The average molecular weight is 411 g/mol. The van der Waals surface area contributed by atoms with Gasteiger partial charge >= 0.3 is 12.4 Å². The second-order valence-corrected chi connectivity index (χ2v) is 6.21. The lowest BCUT2D eigenvalue weighted by atomic mass is 10.0. The van der Waals surface area contributed by atoms with Gasteiger partial charge in [-0.2, -0.15) is 26.3 Å². The molecular weight excluding hydrogens is 396 g/mol. The lowest BCUT2D eigenvalue weighted by Crippen LogP contribution is -2.05. The summed E-state index contributed by atoms with van der Waals surface area (Å²) in [5.41, 5.74) is -0.0185. The first-order valence-electron chi connectivity index (χ1n) is 8.60. The average Bonchev–Trinajstić information content (AvgIpc) is 2.67. The summed E-state index contributed by atoms with van der Waals surface area (Å²) >= 11 is 0. The molecule has 0 bridgehead atoms. The molecule has 0 amide bonds. The molecule has 0 N–H and O–H groups in total. The Morgan fingerprint density at radius 3 is 2.03 bits per heavy atom. The van der Waals surface area contributed by atoms with Crippen LogP contribution < -0.4 is 4.74 Å². The minimum absolute atomic E-state index is 0.0384. The molecule has 1 aromatic heterocycles. The summed E-state index contributed by atoms with van der Waals surface area (Å²) in [6, 6.07) is 12.1. The van der Waals surface area contributed by atoms with Gasteiger partial charge in [0.1, 0.15) is 5.75 Å². The van der Waals surface area contributed by atoms with Crippen molar-refractivity contribution in [1.82, 2.24) is 4.98 Å². The highest BCUT2D eigenvalue weighted by Gasteiger charge is 2.31. The lowest BCUT2D eigenvalue weighted by Gasteiger charge is -2.13. The number of alkyl halides is 6. The topological polar surface area (TPSA) is 22.1 Å². The van der Waals surface area contributed by atoms with Gasteiger partial charge in [-0.3, -0.25) is 0 Å². The van der Waals surface area contributed by atoms with Crippen LogP contribution in [0.1, 0.15) is 23.6 Å². The Kier molecular flexibility index (Phi) is 5.55. The zero-order valence-corrected chi connectivity index (χ0v) is 15.1. The van der Waals surface area contributed by atoms with Gasteiger partial charge in [0.05, 0.1) is 16.8 Å². The van der Waals surface area contributed by atoms with Crippen molar-refractivity contribution < 1.29 is 31.1 Å². The molecule has 0 atom stereocenters.